The van der Waals surface area contributed by atoms with Crippen LogP contribution in [0.25, 0.3) is 0 Å². The molecule has 2 unspecified atom stereocenters. The van der Waals surface area contributed by atoms with Crippen LogP contribution in [0.5, 0.6) is 0 Å². The zero-order valence-corrected chi connectivity index (χ0v) is 11.9. The minimum atomic E-state index is -0.628. The van der Waals surface area contributed by atoms with Crippen molar-refractivity contribution >= 4 is 17.3 Å². The summed E-state index contributed by atoms with van der Waals surface area (Å²) in [6, 6.07) is 4.86. The van der Waals surface area contributed by atoms with E-state index in [0.29, 0.717) is 6.04 Å². The van der Waals surface area contributed by atoms with Crippen LogP contribution in [0.15, 0.2) is 17.5 Å². The predicted molar refractivity (Wildman–Crippen MR) is 76.4 cm³/mol. The molecule has 0 spiro atoms. The molecular weight excluding hydrogens is 258 g/mol. The third-order valence-corrected chi connectivity index (χ3v) is 5.58. The van der Waals surface area contributed by atoms with Crippen LogP contribution in [0.4, 0.5) is 0 Å². The molecule has 1 saturated heterocycles. The molecule has 0 bridgehead atoms. The Morgan fingerprint density at radius 3 is 2.68 bits per heavy atom. The van der Waals surface area contributed by atoms with Gasteiger partial charge in [-0.15, -0.1) is 11.3 Å². The zero-order chi connectivity index (χ0) is 13.2. The van der Waals surface area contributed by atoms with Gasteiger partial charge in [0.15, 0.2) is 0 Å². The van der Waals surface area contributed by atoms with E-state index < -0.39 is 5.97 Å². The summed E-state index contributed by atoms with van der Waals surface area (Å²) < 4.78 is 0. The van der Waals surface area contributed by atoms with E-state index in [4.69, 9.17) is 0 Å². The number of hydrogen-bond donors (Lipinski definition) is 1. The summed E-state index contributed by atoms with van der Waals surface area (Å²) in [5, 5.41) is 11.5. The largest absolute Gasteiger partial charge is 0.481 e. The second-order valence-corrected chi connectivity index (χ2v) is 6.70. The Kier molecular flexibility index (Phi) is 3.89. The topological polar surface area (TPSA) is 40.5 Å². The van der Waals surface area contributed by atoms with Crippen molar-refractivity contribution in [1.82, 2.24) is 4.90 Å². The van der Waals surface area contributed by atoms with Crippen LogP contribution in [-0.4, -0.2) is 28.6 Å². The van der Waals surface area contributed by atoms with Gasteiger partial charge >= 0.3 is 5.97 Å². The summed E-state index contributed by atoms with van der Waals surface area (Å²) in [6.45, 7) is 0.949. The first-order chi connectivity index (χ1) is 9.27. The lowest BCUT2D eigenvalue weighted by Gasteiger charge is -2.36. The summed E-state index contributed by atoms with van der Waals surface area (Å²) >= 11 is 1.70. The fourth-order valence-electron chi connectivity index (χ4n) is 3.72. The average molecular weight is 279 g/mol. The third kappa shape index (κ3) is 2.56. The van der Waals surface area contributed by atoms with Crippen molar-refractivity contribution in [2.24, 2.45) is 5.92 Å². The highest BCUT2D eigenvalue weighted by Crippen LogP contribution is 2.43. The van der Waals surface area contributed by atoms with Crippen LogP contribution in [0, 0.1) is 5.92 Å². The van der Waals surface area contributed by atoms with E-state index in [1.807, 2.05) is 6.07 Å². The monoisotopic (exact) mass is 279 g/mol. The molecule has 0 amide bonds. The van der Waals surface area contributed by atoms with Crippen LogP contribution in [0.1, 0.15) is 49.4 Å². The SMILES string of the molecule is O=C(O)C1CCN(C2CCCCC2)C1c1cccs1. The minimum Gasteiger partial charge on any atom is -0.481 e. The molecule has 104 valence electrons. The van der Waals surface area contributed by atoms with Gasteiger partial charge in [0.2, 0.25) is 0 Å². The maximum Gasteiger partial charge on any atom is 0.308 e. The summed E-state index contributed by atoms with van der Waals surface area (Å²) in [7, 11) is 0. The van der Waals surface area contributed by atoms with E-state index in [9.17, 15) is 9.90 Å². The number of aliphatic carboxylic acids is 1. The van der Waals surface area contributed by atoms with Gasteiger partial charge < -0.3 is 5.11 Å². The van der Waals surface area contributed by atoms with Gasteiger partial charge in [-0.3, -0.25) is 9.69 Å². The van der Waals surface area contributed by atoms with Crippen molar-refractivity contribution in [2.45, 2.75) is 50.6 Å². The number of carboxylic acid groups (broad SMARTS) is 1. The molecule has 3 nitrogen and oxygen atoms in total. The van der Waals surface area contributed by atoms with Crippen LogP contribution in [0.3, 0.4) is 0 Å². The Labute approximate surface area is 118 Å². The fourth-order valence-corrected chi connectivity index (χ4v) is 4.63. The molecule has 3 rings (SSSR count). The van der Waals surface area contributed by atoms with E-state index in [0.717, 1.165) is 13.0 Å². The molecule has 1 aromatic rings. The molecule has 1 N–H and O–H groups in total. The van der Waals surface area contributed by atoms with E-state index in [-0.39, 0.29) is 12.0 Å². The van der Waals surface area contributed by atoms with Crippen LogP contribution in [-0.2, 0) is 4.79 Å². The number of rotatable bonds is 3. The van der Waals surface area contributed by atoms with Crippen molar-refractivity contribution in [3.63, 3.8) is 0 Å². The summed E-state index contributed by atoms with van der Waals surface area (Å²) in [5.74, 6) is -0.850. The average Bonchev–Trinajstić information content (AvgIpc) is 3.08. The Morgan fingerprint density at radius 2 is 2.05 bits per heavy atom. The number of carbonyl (C=O) groups is 1. The Morgan fingerprint density at radius 1 is 1.26 bits per heavy atom. The first kappa shape index (κ1) is 13.1. The van der Waals surface area contributed by atoms with E-state index in [1.165, 1.54) is 37.0 Å². The van der Waals surface area contributed by atoms with Crippen molar-refractivity contribution in [3.8, 4) is 0 Å². The lowest BCUT2D eigenvalue weighted by atomic mass is 9.92. The fraction of sp³-hybridized carbons (Fsp3) is 0.667. The molecule has 2 atom stereocenters. The van der Waals surface area contributed by atoms with Crippen molar-refractivity contribution in [2.75, 3.05) is 6.54 Å². The number of likely N-dealkylation sites (tertiary alicyclic amines) is 1. The molecule has 19 heavy (non-hydrogen) atoms. The standard InChI is InChI=1S/C15H21NO2S/c17-15(18)12-8-9-16(11-5-2-1-3-6-11)14(12)13-7-4-10-19-13/h4,7,10-12,14H,1-3,5-6,8-9H2,(H,17,18). The number of thiophene rings is 1. The van der Waals surface area contributed by atoms with E-state index >= 15 is 0 Å². The lowest BCUT2D eigenvalue weighted by molar-refractivity contribution is -0.142. The normalized spacial score (nSPS) is 29.7. The first-order valence-corrected chi connectivity index (χ1v) is 8.17. The molecule has 2 fully saturated rings. The summed E-state index contributed by atoms with van der Waals surface area (Å²) in [6.07, 6.45) is 7.24. The number of carboxylic acids is 1. The highest BCUT2D eigenvalue weighted by Gasteiger charge is 2.43. The molecular formula is C15H21NO2S. The Bertz CT molecular complexity index is 425. The second-order valence-electron chi connectivity index (χ2n) is 5.72. The van der Waals surface area contributed by atoms with Gasteiger partial charge in [-0.2, -0.15) is 0 Å². The molecule has 4 heteroatoms. The van der Waals surface area contributed by atoms with Crippen LogP contribution >= 0.6 is 11.3 Å². The van der Waals surface area contributed by atoms with Crippen molar-refractivity contribution in [3.05, 3.63) is 22.4 Å². The number of hydrogen-bond acceptors (Lipinski definition) is 3. The predicted octanol–water partition coefficient (Wildman–Crippen LogP) is 3.53. The second kappa shape index (κ2) is 5.63. The quantitative estimate of drug-likeness (QED) is 0.920. The van der Waals surface area contributed by atoms with Gasteiger partial charge in [0.05, 0.1) is 12.0 Å². The van der Waals surface area contributed by atoms with Gasteiger partial charge in [-0.05, 0) is 30.7 Å². The molecule has 2 heterocycles. The summed E-state index contributed by atoms with van der Waals surface area (Å²) in [5.41, 5.74) is 0. The van der Waals surface area contributed by atoms with Gasteiger partial charge in [-0.1, -0.05) is 25.3 Å². The smallest absolute Gasteiger partial charge is 0.308 e. The summed E-state index contributed by atoms with van der Waals surface area (Å²) in [4.78, 5) is 15.2. The maximum atomic E-state index is 11.5. The molecule has 1 saturated carbocycles. The lowest BCUT2D eigenvalue weighted by Crippen LogP contribution is -2.37. The van der Waals surface area contributed by atoms with E-state index in [1.54, 1.807) is 11.3 Å². The zero-order valence-electron chi connectivity index (χ0n) is 11.1. The van der Waals surface area contributed by atoms with Gasteiger partial charge in [0.25, 0.3) is 0 Å². The molecule has 2 aliphatic rings. The van der Waals surface area contributed by atoms with Crippen molar-refractivity contribution < 1.29 is 9.90 Å². The van der Waals surface area contributed by atoms with Gasteiger partial charge in [0.1, 0.15) is 0 Å². The minimum absolute atomic E-state index is 0.112. The number of nitrogens with zero attached hydrogens (tertiary/aromatic N) is 1. The van der Waals surface area contributed by atoms with Gasteiger partial charge in [0, 0.05) is 17.5 Å². The highest BCUT2D eigenvalue weighted by molar-refractivity contribution is 7.10. The maximum absolute atomic E-state index is 11.5. The first-order valence-electron chi connectivity index (χ1n) is 7.29. The van der Waals surface area contributed by atoms with Crippen LogP contribution < -0.4 is 0 Å². The van der Waals surface area contributed by atoms with E-state index in [2.05, 4.69) is 16.3 Å². The highest BCUT2D eigenvalue weighted by atomic mass is 32.1. The van der Waals surface area contributed by atoms with Crippen molar-refractivity contribution in [1.29, 1.82) is 0 Å². The Balaban J connectivity index is 1.84. The molecule has 1 aliphatic heterocycles. The Hall–Kier alpha value is -0.870. The van der Waals surface area contributed by atoms with Gasteiger partial charge in [-0.25, -0.2) is 0 Å². The molecule has 1 aliphatic carbocycles. The third-order valence-electron chi connectivity index (χ3n) is 4.63. The molecule has 1 aromatic heterocycles. The molecule has 0 radical (unpaired) electrons. The van der Waals surface area contributed by atoms with Crippen LogP contribution in [0.2, 0.25) is 0 Å². The molecule has 0 aromatic carbocycles.